The predicted molar refractivity (Wildman–Crippen MR) is 85.8 cm³/mol. The third-order valence-corrected chi connectivity index (χ3v) is 6.19. The molecule has 3 nitrogen and oxygen atoms in total. The molecule has 1 aliphatic heterocycles. The van der Waals surface area contributed by atoms with Crippen LogP contribution in [0.3, 0.4) is 0 Å². The number of fused-ring (bicyclic) bond motifs is 1. The quantitative estimate of drug-likeness (QED) is 0.912. The Balaban J connectivity index is 1.73. The average Bonchev–Trinajstić information content (AvgIpc) is 2.89. The highest BCUT2D eigenvalue weighted by Gasteiger charge is 2.29. The smallest absolute Gasteiger partial charge is 0.263 e. The number of rotatable bonds is 2. The lowest BCUT2D eigenvalue weighted by Crippen LogP contribution is -2.42. The van der Waals surface area contributed by atoms with Gasteiger partial charge < -0.3 is 10.0 Å². The standard InChI is InChI=1S/C17H25NO2S/c1-11-5-6-15-14(8-11)9-16(21-15)17(20)18-7-3-4-13(10-18)12(2)19/h9,11-13,19H,3-8,10H2,1-2H3. The van der Waals surface area contributed by atoms with Crippen molar-refractivity contribution in [2.45, 2.75) is 52.1 Å². The molecule has 3 rings (SSSR count). The van der Waals surface area contributed by atoms with Crippen molar-refractivity contribution in [3.05, 3.63) is 21.4 Å². The van der Waals surface area contributed by atoms with E-state index in [9.17, 15) is 9.90 Å². The Morgan fingerprint density at radius 3 is 3.05 bits per heavy atom. The summed E-state index contributed by atoms with van der Waals surface area (Å²) in [5.74, 6) is 1.15. The number of piperidine rings is 1. The molecule has 21 heavy (non-hydrogen) atoms. The molecule has 1 amide bonds. The molecule has 3 unspecified atom stereocenters. The van der Waals surface area contributed by atoms with Crippen LogP contribution in [0.5, 0.6) is 0 Å². The van der Waals surface area contributed by atoms with Gasteiger partial charge in [0, 0.05) is 23.9 Å². The Labute approximate surface area is 131 Å². The highest BCUT2D eigenvalue weighted by Crippen LogP contribution is 2.33. The number of hydrogen-bond donors (Lipinski definition) is 1. The Morgan fingerprint density at radius 1 is 1.48 bits per heavy atom. The maximum Gasteiger partial charge on any atom is 0.263 e. The molecule has 1 saturated heterocycles. The monoisotopic (exact) mass is 307 g/mol. The Kier molecular flexibility index (Phi) is 4.36. The van der Waals surface area contributed by atoms with Gasteiger partial charge in [0.2, 0.25) is 0 Å². The van der Waals surface area contributed by atoms with Crippen molar-refractivity contribution in [3.8, 4) is 0 Å². The second-order valence-electron chi connectivity index (χ2n) is 6.80. The summed E-state index contributed by atoms with van der Waals surface area (Å²) >= 11 is 1.70. The topological polar surface area (TPSA) is 40.5 Å². The lowest BCUT2D eigenvalue weighted by molar-refractivity contribution is 0.0469. The van der Waals surface area contributed by atoms with Crippen LogP contribution in [0.4, 0.5) is 0 Å². The second-order valence-corrected chi connectivity index (χ2v) is 7.94. The summed E-state index contributed by atoms with van der Waals surface area (Å²) in [7, 11) is 0. The summed E-state index contributed by atoms with van der Waals surface area (Å²) in [6.07, 6.45) is 5.20. The number of hydrogen-bond acceptors (Lipinski definition) is 3. The molecule has 1 aliphatic carbocycles. The molecular formula is C17H25NO2S. The molecule has 0 radical (unpaired) electrons. The van der Waals surface area contributed by atoms with Crippen molar-refractivity contribution in [1.82, 2.24) is 4.90 Å². The molecule has 0 saturated carbocycles. The molecule has 0 spiro atoms. The Hall–Kier alpha value is -0.870. The van der Waals surface area contributed by atoms with Gasteiger partial charge in [0.1, 0.15) is 0 Å². The fraction of sp³-hybridized carbons (Fsp3) is 0.706. The zero-order valence-electron chi connectivity index (χ0n) is 13.0. The second kappa shape index (κ2) is 6.09. The van der Waals surface area contributed by atoms with E-state index in [2.05, 4.69) is 13.0 Å². The number of aliphatic hydroxyl groups is 1. The largest absolute Gasteiger partial charge is 0.393 e. The summed E-state index contributed by atoms with van der Waals surface area (Å²) in [4.78, 5) is 17.0. The maximum atomic E-state index is 12.7. The highest BCUT2D eigenvalue weighted by atomic mass is 32.1. The third kappa shape index (κ3) is 3.16. The van der Waals surface area contributed by atoms with Gasteiger partial charge in [-0.25, -0.2) is 0 Å². The molecule has 1 fully saturated rings. The fourth-order valence-electron chi connectivity index (χ4n) is 3.56. The first-order valence-corrected chi connectivity index (χ1v) is 8.95. The van der Waals surface area contributed by atoms with Gasteiger partial charge in [-0.1, -0.05) is 6.92 Å². The summed E-state index contributed by atoms with van der Waals surface area (Å²) in [5, 5.41) is 9.77. The molecule has 2 aliphatic rings. The Bertz CT molecular complexity index is 523. The van der Waals surface area contributed by atoms with Gasteiger partial charge in [-0.3, -0.25) is 4.79 Å². The van der Waals surface area contributed by atoms with Crippen molar-refractivity contribution in [2.24, 2.45) is 11.8 Å². The zero-order valence-corrected chi connectivity index (χ0v) is 13.8. The molecule has 0 bridgehead atoms. The number of carbonyl (C=O) groups excluding carboxylic acids is 1. The van der Waals surface area contributed by atoms with Gasteiger partial charge in [0.05, 0.1) is 11.0 Å². The first kappa shape index (κ1) is 15.0. The van der Waals surface area contributed by atoms with Gasteiger partial charge in [0.25, 0.3) is 5.91 Å². The lowest BCUT2D eigenvalue weighted by atomic mass is 9.90. The SMILES string of the molecule is CC1CCc2sc(C(=O)N3CCCC(C(C)O)C3)cc2C1. The van der Waals surface area contributed by atoms with E-state index in [-0.39, 0.29) is 17.9 Å². The number of aliphatic hydroxyl groups excluding tert-OH is 1. The minimum Gasteiger partial charge on any atom is -0.393 e. The number of aryl methyl sites for hydroxylation is 1. The predicted octanol–water partition coefficient (Wildman–Crippen LogP) is 3.11. The van der Waals surface area contributed by atoms with E-state index in [1.807, 2.05) is 11.8 Å². The number of likely N-dealkylation sites (tertiary alicyclic amines) is 1. The minimum absolute atomic E-state index is 0.174. The van der Waals surface area contributed by atoms with E-state index in [1.165, 1.54) is 16.9 Å². The van der Waals surface area contributed by atoms with Crippen molar-refractivity contribution in [1.29, 1.82) is 0 Å². The van der Waals surface area contributed by atoms with Crippen LogP contribution in [-0.4, -0.2) is 35.1 Å². The molecule has 1 aromatic heterocycles. The van der Waals surface area contributed by atoms with Crippen LogP contribution in [-0.2, 0) is 12.8 Å². The van der Waals surface area contributed by atoms with Crippen molar-refractivity contribution >= 4 is 17.2 Å². The summed E-state index contributed by atoms with van der Waals surface area (Å²) in [6.45, 7) is 5.67. The van der Waals surface area contributed by atoms with Crippen molar-refractivity contribution < 1.29 is 9.90 Å². The van der Waals surface area contributed by atoms with E-state index in [1.54, 1.807) is 11.3 Å². The van der Waals surface area contributed by atoms with E-state index in [0.29, 0.717) is 6.54 Å². The fourth-order valence-corrected chi connectivity index (χ4v) is 4.73. The zero-order chi connectivity index (χ0) is 15.0. The summed E-state index contributed by atoms with van der Waals surface area (Å²) in [6, 6.07) is 2.13. The molecule has 1 aromatic rings. The van der Waals surface area contributed by atoms with E-state index < -0.39 is 0 Å². The summed E-state index contributed by atoms with van der Waals surface area (Å²) < 4.78 is 0. The molecule has 116 valence electrons. The Morgan fingerprint density at radius 2 is 2.29 bits per heavy atom. The van der Waals surface area contributed by atoms with Gasteiger partial charge in [-0.2, -0.15) is 0 Å². The van der Waals surface area contributed by atoms with E-state index in [0.717, 1.165) is 43.0 Å². The maximum absolute atomic E-state index is 12.7. The van der Waals surface area contributed by atoms with Crippen LogP contribution in [0.15, 0.2) is 6.07 Å². The first-order valence-electron chi connectivity index (χ1n) is 8.13. The molecule has 1 N–H and O–H groups in total. The van der Waals surface area contributed by atoms with Gasteiger partial charge in [0.15, 0.2) is 0 Å². The van der Waals surface area contributed by atoms with E-state index >= 15 is 0 Å². The number of thiophene rings is 1. The van der Waals surface area contributed by atoms with Crippen LogP contribution in [0.1, 0.15) is 53.2 Å². The molecule has 2 heterocycles. The van der Waals surface area contributed by atoms with Gasteiger partial charge in [-0.15, -0.1) is 11.3 Å². The molecule has 0 aromatic carbocycles. The summed E-state index contributed by atoms with van der Waals surface area (Å²) in [5.41, 5.74) is 1.39. The van der Waals surface area contributed by atoms with Crippen LogP contribution in [0.25, 0.3) is 0 Å². The lowest BCUT2D eigenvalue weighted by Gasteiger charge is -2.33. The van der Waals surface area contributed by atoms with Crippen molar-refractivity contribution in [2.75, 3.05) is 13.1 Å². The molecular weight excluding hydrogens is 282 g/mol. The van der Waals surface area contributed by atoms with Gasteiger partial charge >= 0.3 is 0 Å². The average molecular weight is 307 g/mol. The minimum atomic E-state index is -0.321. The third-order valence-electron chi connectivity index (χ3n) is 4.97. The van der Waals surface area contributed by atoms with Gasteiger partial charge in [-0.05, 0) is 56.6 Å². The number of amides is 1. The highest BCUT2D eigenvalue weighted by molar-refractivity contribution is 7.14. The van der Waals surface area contributed by atoms with Crippen molar-refractivity contribution in [3.63, 3.8) is 0 Å². The normalized spacial score (nSPS) is 27.3. The van der Waals surface area contributed by atoms with Crippen LogP contribution < -0.4 is 0 Å². The van der Waals surface area contributed by atoms with E-state index in [4.69, 9.17) is 0 Å². The molecule has 4 heteroatoms. The number of nitrogens with zero attached hydrogens (tertiary/aromatic N) is 1. The van der Waals surface area contributed by atoms with Crippen LogP contribution in [0.2, 0.25) is 0 Å². The number of carbonyl (C=O) groups is 1. The first-order chi connectivity index (χ1) is 10.0. The molecule has 3 atom stereocenters. The van der Waals surface area contributed by atoms with Crippen LogP contribution >= 0.6 is 11.3 Å². The van der Waals surface area contributed by atoms with Crippen LogP contribution in [0, 0.1) is 11.8 Å².